The number of aryl methyl sites for hydroxylation is 1. The molecule has 0 aromatic heterocycles. The lowest BCUT2D eigenvalue weighted by Gasteiger charge is -2.04. The highest BCUT2D eigenvalue weighted by Crippen LogP contribution is 2.07. The fourth-order valence-corrected chi connectivity index (χ4v) is 1.65. The van der Waals surface area contributed by atoms with E-state index in [4.69, 9.17) is 0 Å². The summed E-state index contributed by atoms with van der Waals surface area (Å²) in [6, 6.07) is 19.6. The van der Waals surface area contributed by atoms with Gasteiger partial charge in [0.15, 0.2) is 0 Å². The van der Waals surface area contributed by atoms with Gasteiger partial charge >= 0.3 is 0 Å². The third kappa shape index (κ3) is 6.27. The molecule has 0 radical (unpaired) electrons. The molecular formula is C15H17Cl2NO. The van der Waals surface area contributed by atoms with Crippen LogP contribution in [0.2, 0.25) is 0 Å². The Morgan fingerprint density at radius 3 is 1.95 bits per heavy atom. The number of nitrogens with one attached hydrogen (secondary N) is 1. The van der Waals surface area contributed by atoms with Crippen molar-refractivity contribution in [3.63, 3.8) is 0 Å². The summed E-state index contributed by atoms with van der Waals surface area (Å²) in [5.74, 6) is 0.0556. The molecule has 0 unspecified atom stereocenters. The highest BCUT2D eigenvalue weighted by Gasteiger charge is 2.02. The molecule has 102 valence electrons. The summed E-state index contributed by atoms with van der Waals surface area (Å²) in [5.41, 5.74) is 2.04. The predicted octanol–water partition coefficient (Wildman–Crippen LogP) is 4.10. The Hall–Kier alpha value is -1.51. The molecule has 0 saturated carbocycles. The average molecular weight is 298 g/mol. The van der Waals surface area contributed by atoms with E-state index in [1.54, 1.807) is 0 Å². The maximum Gasteiger partial charge on any atom is 0.224 e. The third-order valence-corrected chi connectivity index (χ3v) is 2.54. The largest absolute Gasteiger partial charge is 0.326 e. The molecule has 1 N–H and O–H groups in total. The van der Waals surface area contributed by atoms with Crippen molar-refractivity contribution in [2.45, 2.75) is 12.8 Å². The van der Waals surface area contributed by atoms with Crippen molar-refractivity contribution >= 4 is 36.4 Å². The number of rotatable bonds is 4. The average Bonchev–Trinajstić information content (AvgIpc) is 2.39. The molecule has 2 aromatic carbocycles. The van der Waals surface area contributed by atoms with Gasteiger partial charge in [-0.25, -0.2) is 0 Å². The Bertz CT molecular complexity index is 474. The number of carbonyl (C=O) groups excluding carboxylic acids is 1. The Morgan fingerprint density at radius 1 is 0.842 bits per heavy atom. The molecule has 2 aromatic rings. The standard InChI is InChI=1S/C15H15NO.2ClH/c17-15(16-14-9-5-2-6-10-14)12-11-13-7-3-1-4-8-13;;/h1-10H,11-12H2,(H,16,17);2*1H. The Labute approximate surface area is 126 Å². The van der Waals surface area contributed by atoms with Crippen molar-refractivity contribution in [3.05, 3.63) is 66.2 Å². The monoisotopic (exact) mass is 297 g/mol. The van der Waals surface area contributed by atoms with E-state index in [0.29, 0.717) is 6.42 Å². The fraction of sp³-hybridized carbons (Fsp3) is 0.133. The van der Waals surface area contributed by atoms with Gasteiger partial charge in [-0.2, -0.15) is 0 Å². The molecule has 1 amide bonds. The molecule has 0 aliphatic carbocycles. The van der Waals surface area contributed by atoms with Crippen LogP contribution in [0.1, 0.15) is 12.0 Å². The van der Waals surface area contributed by atoms with E-state index < -0.39 is 0 Å². The molecule has 2 rings (SSSR count). The van der Waals surface area contributed by atoms with E-state index in [9.17, 15) is 4.79 Å². The van der Waals surface area contributed by atoms with Gasteiger partial charge in [0.2, 0.25) is 5.91 Å². The number of hydrogen-bond acceptors (Lipinski definition) is 1. The van der Waals surface area contributed by atoms with Gasteiger partial charge in [-0.1, -0.05) is 48.5 Å². The summed E-state index contributed by atoms with van der Waals surface area (Å²) in [4.78, 5) is 11.7. The van der Waals surface area contributed by atoms with Crippen molar-refractivity contribution in [2.24, 2.45) is 0 Å². The van der Waals surface area contributed by atoms with Crippen molar-refractivity contribution in [1.29, 1.82) is 0 Å². The minimum Gasteiger partial charge on any atom is -0.326 e. The number of halogens is 2. The van der Waals surface area contributed by atoms with Crippen molar-refractivity contribution < 1.29 is 4.79 Å². The van der Waals surface area contributed by atoms with Crippen LogP contribution in [0.25, 0.3) is 0 Å². The minimum atomic E-state index is 0. The zero-order chi connectivity index (χ0) is 11.9. The zero-order valence-corrected chi connectivity index (χ0v) is 12.0. The Balaban J connectivity index is 0.00000162. The van der Waals surface area contributed by atoms with E-state index in [1.165, 1.54) is 5.56 Å². The molecule has 2 nitrogen and oxygen atoms in total. The summed E-state index contributed by atoms with van der Waals surface area (Å²) in [5, 5.41) is 2.87. The van der Waals surface area contributed by atoms with E-state index in [-0.39, 0.29) is 30.7 Å². The SMILES string of the molecule is Cl.Cl.O=C(CCc1ccccc1)Nc1ccccc1. The number of amides is 1. The molecule has 0 aliphatic rings. The highest BCUT2D eigenvalue weighted by molar-refractivity contribution is 5.90. The van der Waals surface area contributed by atoms with Crippen molar-refractivity contribution in [2.75, 3.05) is 5.32 Å². The lowest BCUT2D eigenvalue weighted by atomic mass is 10.1. The first-order valence-corrected chi connectivity index (χ1v) is 5.73. The Morgan fingerprint density at radius 2 is 1.37 bits per heavy atom. The number of hydrogen-bond donors (Lipinski definition) is 1. The van der Waals surface area contributed by atoms with E-state index in [2.05, 4.69) is 5.32 Å². The van der Waals surface area contributed by atoms with Crippen molar-refractivity contribution in [1.82, 2.24) is 0 Å². The number of para-hydroxylation sites is 1. The molecule has 0 spiro atoms. The van der Waals surface area contributed by atoms with Gasteiger partial charge in [0, 0.05) is 12.1 Å². The van der Waals surface area contributed by atoms with Gasteiger partial charge in [0.25, 0.3) is 0 Å². The van der Waals surface area contributed by atoms with Crippen LogP contribution in [0.5, 0.6) is 0 Å². The van der Waals surface area contributed by atoms with Gasteiger partial charge in [-0.3, -0.25) is 4.79 Å². The summed E-state index contributed by atoms with van der Waals surface area (Å²) >= 11 is 0. The van der Waals surface area contributed by atoms with Crippen LogP contribution in [0.4, 0.5) is 5.69 Å². The molecule has 0 atom stereocenters. The lowest BCUT2D eigenvalue weighted by molar-refractivity contribution is -0.116. The fourth-order valence-electron chi connectivity index (χ4n) is 1.65. The molecule has 0 saturated heterocycles. The smallest absolute Gasteiger partial charge is 0.224 e. The van der Waals surface area contributed by atoms with Gasteiger partial charge in [-0.15, -0.1) is 24.8 Å². The summed E-state index contributed by atoms with van der Waals surface area (Å²) in [6.07, 6.45) is 1.29. The van der Waals surface area contributed by atoms with E-state index in [1.807, 2.05) is 60.7 Å². The summed E-state index contributed by atoms with van der Waals surface area (Å²) in [7, 11) is 0. The molecular weight excluding hydrogens is 281 g/mol. The molecule has 0 aliphatic heterocycles. The van der Waals surface area contributed by atoms with Crippen molar-refractivity contribution in [3.8, 4) is 0 Å². The molecule has 0 bridgehead atoms. The van der Waals surface area contributed by atoms with Crippen LogP contribution < -0.4 is 5.32 Å². The van der Waals surface area contributed by atoms with Crippen LogP contribution in [0, 0.1) is 0 Å². The molecule has 4 heteroatoms. The maximum atomic E-state index is 11.7. The van der Waals surface area contributed by atoms with Crippen LogP contribution in [-0.4, -0.2) is 5.91 Å². The zero-order valence-electron chi connectivity index (χ0n) is 10.4. The number of anilines is 1. The van der Waals surface area contributed by atoms with Gasteiger partial charge in [-0.05, 0) is 24.1 Å². The number of benzene rings is 2. The Kier molecular flexibility index (Phi) is 8.68. The molecule has 0 fully saturated rings. The molecule has 19 heavy (non-hydrogen) atoms. The summed E-state index contributed by atoms with van der Waals surface area (Å²) < 4.78 is 0. The lowest BCUT2D eigenvalue weighted by Crippen LogP contribution is -2.12. The third-order valence-electron chi connectivity index (χ3n) is 2.54. The second kappa shape index (κ2) is 9.42. The highest BCUT2D eigenvalue weighted by atomic mass is 35.5. The first-order valence-electron chi connectivity index (χ1n) is 5.73. The normalized spacial score (nSPS) is 8.84. The van der Waals surface area contributed by atoms with Gasteiger partial charge in [0.1, 0.15) is 0 Å². The topological polar surface area (TPSA) is 29.1 Å². The molecule has 0 heterocycles. The predicted molar refractivity (Wildman–Crippen MR) is 84.3 cm³/mol. The number of carbonyl (C=O) groups is 1. The minimum absolute atomic E-state index is 0. The van der Waals surface area contributed by atoms with Gasteiger partial charge in [0.05, 0.1) is 0 Å². The van der Waals surface area contributed by atoms with E-state index in [0.717, 1.165) is 12.1 Å². The van der Waals surface area contributed by atoms with Crippen LogP contribution in [0.15, 0.2) is 60.7 Å². The summed E-state index contributed by atoms with van der Waals surface area (Å²) in [6.45, 7) is 0. The van der Waals surface area contributed by atoms with Crippen LogP contribution in [0.3, 0.4) is 0 Å². The first kappa shape index (κ1) is 17.5. The van der Waals surface area contributed by atoms with Crippen LogP contribution in [-0.2, 0) is 11.2 Å². The van der Waals surface area contributed by atoms with Crippen LogP contribution >= 0.6 is 24.8 Å². The quantitative estimate of drug-likeness (QED) is 0.904. The van der Waals surface area contributed by atoms with E-state index >= 15 is 0 Å². The first-order chi connectivity index (χ1) is 8.34. The van der Waals surface area contributed by atoms with Gasteiger partial charge < -0.3 is 5.32 Å². The second-order valence-corrected chi connectivity index (χ2v) is 3.90. The maximum absolute atomic E-state index is 11.7. The second-order valence-electron chi connectivity index (χ2n) is 3.90.